The number of hydrogen-bond donors (Lipinski definition) is 0. The molecule has 0 N–H and O–H groups in total. The van der Waals surface area contributed by atoms with Gasteiger partial charge in [-0.1, -0.05) is 0 Å². The Kier molecular flexibility index (Phi) is 3.88. The summed E-state index contributed by atoms with van der Waals surface area (Å²) in [5.41, 5.74) is -1.37. The molecule has 120 valence electrons. The molecule has 0 radical (unpaired) electrons. The van der Waals surface area contributed by atoms with Crippen molar-refractivity contribution in [1.29, 1.82) is 0 Å². The summed E-state index contributed by atoms with van der Waals surface area (Å²) in [6.45, 7) is 11.3. The molecule has 0 aliphatic heterocycles. The number of fused-ring (bicyclic) bond motifs is 1. The Morgan fingerprint density at radius 2 is 1.48 bits per heavy atom. The van der Waals surface area contributed by atoms with Gasteiger partial charge in [-0.15, -0.1) is 0 Å². The van der Waals surface area contributed by atoms with Gasteiger partial charge in [0.2, 0.25) is 0 Å². The van der Waals surface area contributed by atoms with Gasteiger partial charge in [0, 0.05) is 0 Å². The molecule has 4 heteroatoms. The van der Waals surface area contributed by atoms with E-state index < -0.39 is 16.6 Å². The molecule has 0 amide bonds. The molecule has 2 aliphatic rings. The van der Waals surface area contributed by atoms with Crippen LogP contribution in [-0.2, 0) is 19.1 Å². The lowest BCUT2D eigenvalue weighted by Gasteiger charge is -2.31. The van der Waals surface area contributed by atoms with E-state index in [2.05, 4.69) is 0 Å². The number of carbonyl (C=O) groups excluding carboxylic acids is 2. The lowest BCUT2D eigenvalue weighted by molar-refractivity contribution is -0.168. The van der Waals surface area contributed by atoms with Crippen LogP contribution >= 0.6 is 0 Å². The Morgan fingerprint density at radius 3 is 2.00 bits per heavy atom. The quantitative estimate of drug-likeness (QED) is 0.732. The van der Waals surface area contributed by atoms with E-state index in [9.17, 15) is 9.59 Å². The van der Waals surface area contributed by atoms with Crippen molar-refractivity contribution in [3.63, 3.8) is 0 Å². The molecule has 3 unspecified atom stereocenters. The zero-order valence-corrected chi connectivity index (χ0v) is 14.1. The summed E-state index contributed by atoms with van der Waals surface area (Å²) in [7, 11) is 0. The molecule has 3 atom stereocenters. The van der Waals surface area contributed by atoms with Crippen LogP contribution in [0.1, 0.15) is 67.2 Å². The van der Waals surface area contributed by atoms with Crippen molar-refractivity contribution in [3.05, 3.63) is 0 Å². The van der Waals surface area contributed by atoms with Crippen LogP contribution < -0.4 is 0 Å². The normalized spacial score (nSPS) is 32.1. The van der Waals surface area contributed by atoms with Crippen LogP contribution in [0, 0.1) is 17.3 Å². The standard InChI is InChI=1S/C17H28O4/c1-15(2,3)20-13(18)11-7-8-12-10-17(12,9-11)14(19)21-16(4,5)6/h11-12H,7-10H2,1-6H3. The lowest BCUT2D eigenvalue weighted by atomic mass is 9.80. The second-order valence-corrected chi connectivity index (χ2v) is 8.57. The Hall–Kier alpha value is -1.06. The molecule has 0 bridgehead atoms. The molecule has 0 saturated heterocycles. The highest BCUT2D eigenvalue weighted by molar-refractivity contribution is 5.83. The first-order valence-corrected chi connectivity index (χ1v) is 7.89. The third kappa shape index (κ3) is 3.78. The first kappa shape index (κ1) is 16.3. The monoisotopic (exact) mass is 296 g/mol. The van der Waals surface area contributed by atoms with E-state index in [1.807, 2.05) is 41.5 Å². The molecule has 0 aromatic heterocycles. The van der Waals surface area contributed by atoms with Crippen molar-refractivity contribution >= 4 is 11.9 Å². The fourth-order valence-corrected chi connectivity index (χ4v) is 3.25. The SMILES string of the molecule is CC(C)(C)OC(=O)C1CCC2CC2(C(=O)OC(C)(C)C)C1. The average molecular weight is 296 g/mol. The Balaban J connectivity index is 2.02. The molecule has 0 aromatic carbocycles. The van der Waals surface area contributed by atoms with Gasteiger partial charge in [0.05, 0.1) is 11.3 Å². The average Bonchev–Trinajstić information content (AvgIpc) is 2.98. The number of carbonyl (C=O) groups is 2. The first-order valence-electron chi connectivity index (χ1n) is 7.89. The van der Waals surface area contributed by atoms with Crippen molar-refractivity contribution < 1.29 is 19.1 Å². The Labute approximate surface area is 127 Å². The summed E-state index contributed by atoms with van der Waals surface area (Å²) in [4.78, 5) is 24.7. The largest absolute Gasteiger partial charge is 0.460 e. The van der Waals surface area contributed by atoms with Crippen molar-refractivity contribution in [2.24, 2.45) is 17.3 Å². The Morgan fingerprint density at radius 1 is 0.905 bits per heavy atom. The van der Waals surface area contributed by atoms with Crippen LogP contribution in [0.5, 0.6) is 0 Å². The van der Waals surface area contributed by atoms with Crippen LogP contribution in [-0.4, -0.2) is 23.1 Å². The van der Waals surface area contributed by atoms with Gasteiger partial charge in [0.1, 0.15) is 11.2 Å². The van der Waals surface area contributed by atoms with E-state index in [0.29, 0.717) is 12.3 Å². The van der Waals surface area contributed by atoms with Crippen molar-refractivity contribution in [2.45, 2.75) is 78.4 Å². The van der Waals surface area contributed by atoms with Gasteiger partial charge < -0.3 is 9.47 Å². The van der Waals surface area contributed by atoms with Crippen molar-refractivity contribution in [3.8, 4) is 0 Å². The zero-order valence-electron chi connectivity index (χ0n) is 14.1. The van der Waals surface area contributed by atoms with Crippen LogP contribution in [0.3, 0.4) is 0 Å². The second kappa shape index (κ2) is 4.99. The maximum atomic E-state index is 12.5. The predicted octanol–water partition coefficient (Wildman–Crippen LogP) is 3.48. The number of esters is 2. The van der Waals surface area contributed by atoms with Gasteiger partial charge in [-0.3, -0.25) is 9.59 Å². The number of rotatable bonds is 2. The van der Waals surface area contributed by atoms with Crippen LogP contribution in [0.2, 0.25) is 0 Å². The molecule has 2 rings (SSSR count). The molecule has 0 heterocycles. The smallest absolute Gasteiger partial charge is 0.312 e. The molecular weight excluding hydrogens is 268 g/mol. The molecule has 4 nitrogen and oxygen atoms in total. The van der Waals surface area contributed by atoms with Crippen LogP contribution in [0.25, 0.3) is 0 Å². The topological polar surface area (TPSA) is 52.6 Å². The van der Waals surface area contributed by atoms with Crippen LogP contribution in [0.4, 0.5) is 0 Å². The summed E-state index contributed by atoms with van der Waals surface area (Å²) >= 11 is 0. The van der Waals surface area contributed by atoms with Gasteiger partial charge in [0.25, 0.3) is 0 Å². The summed E-state index contributed by atoms with van der Waals surface area (Å²) in [6, 6.07) is 0. The molecular formula is C17H28O4. The van der Waals surface area contributed by atoms with Gasteiger partial charge in [0.15, 0.2) is 0 Å². The summed E-state index contributed by atoms with van der Waals surface area (Å²) in [5, 5.41) is 0. The van der Waals surface area contributed by atoms with Gasteiger partial charge in [-0.05, 0) is 73.1 Å². The minimum absolute atomic E-state index is 0.131. The molecule has 2 saturated carbocycles. The molecule has 2 aliphatic carbocycles. The third-order valence-electron chi connectivity index (χ3n) is 4.25. The molecule has 0 spiro atoms. The highest BCUT2D eigenvalue weighted by Gasteiger charge is 2.64. The summed E-state index contributed by atoms with van der Waals surface area (Å²) in [5.74, 6) is -0.0782. The first-order chi connectivity index (χ1) is 9.43. The van der Waals surface area contributed by atoms with E-state index in [-0.39, 0.29) is 17.9 Å². The fraction of sp³-hybridized carbons (Fsp3) is 0.882. The van der Waals surface area contributed by atoms with E-state index in [0.717, 1.165) is 19.3 Å². The lowest BCUT2D eigenvalue weighted by Crippen LogP contribution is -2.37. The minimum atomic E-state index is -0.476. The van der Waals surface area contributed by atoms with Crippen molar-refractivity contribution in [2.75, 3.05) is 0 Å². The molecule has 0 aromatic rings. The van der Waals surface area contributed by atoms with Crippen LogP contribution in [0.15, 0.2) is 0 Å². The highest BCUT2D eigenvalue weighted by Crippen LogP contribution is 2.63. The fourth-order valence-electron chi connectivity index (χ4n) is 3.25. The van der Waals surface area contributed by atoms with Gasteiger partial charge >= 0.3 is 11.9 Å². The predicted molar refractivity (Wildman–Crippen MR) is 79.6 cm³/mol. The van der Waals surface area contributed by atoms with Gasteiger partial charge in [-0.2, -0.15) is 0 Å². The maximum absolute atomic E-state index is 12.5. The van der Waals surface area contributed by atoms with Gasteiger partial charge in [-0.25, -0.2) is 0 Å². The molecule has 2 fully saturated rings. The van der Waals surface area contributed by atoms with E-state index in [1.54, 1.807) is 0 Å². The third-order valence-corrected chi connectivity index (χ3v) is 4.25. The summed E-state index contributed by atoms with van der Waals surface area (Å²) < 4.78 is 11.0. The number of hydrogen-bond acceptors (Lipinski definition) is 4. The van der Waals surface area contributed by atoms with E-state index in [1.165, 1.54) is 0 Å². The van der Waals surface area contributed by atoms with E-state index in [4.69, 9.17) is 9.47 Å². The van der Waals surface area contributed by atoms with E-state index >= 15 is 0 Å². The summed E-state index contributed by atoms with van der Waals surface area (Å²) in [6.07, 6.45) is 3.19. The number of ether oxygens (including phenoxy) is 2. The minimum Gasteiger partial charge on any atom is -0.460 e. The zero-order chi connectivity index (χ0) is 16.1. The highest BCUT2D eigenvalue weighted by atomic mass is 16.6. The van der Waals surface area contributed by atoms with Crippen molar-refractivity contribution in [1.82, 2.24) is 0 Å². The second-order valence-electron chi connectivity index (χ2n) is 8.57. The molecule has 21 heavy (non-hydrogen) atoms. The maximum Gasteiger partial charge on any atom is 0.312 e. The Bertz CT molecular complexity index is 441.